The van der Waals surface area contributed by atoms with E-state index < -0.39 is 0 Å². The minimum atomic E-state index is -0.0781. The summed E-state index contributed by atoms with van der Waals surface area (Å²) in [6.45, 7) is 2.07. The van der Waals surface area contributed by atoms with Crippen molar-refractivity contribution in [2.75, 3.05) is 14.2 Å². The van der Waals surface area contributed by atoms with E-state index in [2.05, 4.69) is 13.0 Å². The summed E-state index contributed by atoms with van der Waals surface area (Å²) < 4.78 is 10.7. The topological polar surface area (TPSA) is 44.5 Å². The molecular formula is C15H19NO2S. The van der Waals surface area contributed by atoms with Crippen LogP contribution in [-0.2, 0) is 6.42 Å². The molecule has 0 aliphatic carbocycles. The Balaban J connectivity index is 2.23. The van der Waals surface area contributed by atoms with E-state index in [4.69, 9.17) is 15.2 Å². The number of rotatable bonds is 5. The monoisotopic (exact) mass is 277 g/mol. The molecule has 1 aromatic carbocycles. The number of nitrogens with two attached hydrogens (primary N) is 1. The van der Waals surface area contributed by atoms with Gasteiger partial charge >= 0.3 is 0 Å². The van der Waals surface area contributed by atoms with Crippen molar-refractivity contribution in [1.29, 1.82) is 0 Å². The van der Waals surface area contributed by atoms with Crippen molar-refractivity contribution in [3.05, 3.63) is 45.6 Å². The molecule has 0 radical (unpaired) electrons. The second-order valence-corrected chi connectivity index (χ2v) is 5.43. The molecule has 2 N–H and O–H groups in total. The molecule has 1 aromatic heterocycles. The van der Waals surface area contributed by atoms with Crippen molar-refractivity contribution < 1.29 is 9.47 Å². The van der Waals surface area contributed by atoms with Crippen LogP contribution in [0.15, 0.2) is 29.6 Å². The summed E-state index contributed by atoms with van der Waals surface area (Å²) in [6, 6.07) is 8.03. The van der Waals surface area contributed by atoms with Crippen molar-refractivity contribution in [3.8, 4) is 11.5 Å². The Kier molecular flexibility index (Phi) is 4.45. The van der Waals surface area contributed by atoms with Gasteiger partial charge in [0.2, 0.25) is 0 Å². The van der Waals surface area contributed by atoms with Crippen LogP contribution >= 0.6 is 11.3 Å². The molecule has 0 saturated heterocycles. The van der Waals surface area contributed by atoms with Gasteiger partial charge in [0.1, 0.15) is 11.5 Å². The summed E-state index contributed by atoms with van der Waals surface area (Å²) in [5, 5.41) is 2.00. The molecule has 0 aliphatic rings. The van der Waals surface area contributed by atoms with E-state index >= 15 is 0 Å². The second kappa shape index (κ2) is 6.08. The summed E-state index contributed by atoms with van der Waals surface area (Å²) >= 11 is 1.63. The van der Waals surface area contributed by atoms with Crippen molar-refractivity contribution >= 4 is 11.3 Å². The van der Waals surface area contributed by atoms with E-state index in [-0.39, 0.29) is 6.04 Å². The molecule has 2 aromatic rings. The van der Waals surface area contributed by atoms with Crippen molar-refractivity contribution in [2.24, 2.45) is 5.73 Å². The molecule has 1 atom stereocenters. The number of aryl methyl sites for hydroxylation is 1. The molecular weight excluding hydrogens is 258 g/mol. The maximum absolute atomic E-state index is 6.30. The van der Waals surface area contributed by atoms with Gasteiger partial charge < -0.3 is 15.2 Å². The van der Waals surface area contributed by atoms with E-state index in [0.717, 1.165) is 28.4 Å². The fraction of sp³-hybridized carbons (Fsp3) is 0.333. The highest BCUT2D eigenvalue weighted by molar-refractivity contribution is 7.10. The molecule has 0 amide bonds. The maximum Gasteiger partial charge on any atom is 0.134 e. The minimum Gasteiger partial charge on any atom is -0.496 e. The number of benzene rings is 1. The summed E-state index contributed by atoms with van der Waals surface area (Å²) in [5.41, 5.74) is 8.64. The van der Waals surface area contributed by atoms with E-state index in [1.165, 1.54) is 5.56 Å². The lowest BCUT2D eigenvalue weighted by Gasteiger charge is -2.15. The highest BCUT2D eigenvalue weighted by atomic mass is 32.1. The quantitative estimate of drug-likeness (QED) is 0.912. The van der Waals surface area contributed by atoms with Crippen LogP contribution in [0.1, 0.15) is 22.0 Å². The Hall–Kier alpha value is -1.52. The van der Waals surface area contributed by atoms with Gasteiger partial charge in [-0.25, -0.2) is 0 Å². The Bertz CT molecular complexity index is 551. The largest absolute Gasteiger partial charge is 0.496 e. The molecule has 1 unspecified atom stereocenters. The third-order valence-electron chi connectivity index (χ3n) is 3.09. The predicted octanol–water partition coefficient (Wildman–Crippen LogP) is 3.32. The van der Waals surface area contributed by atoms with Crippen LogP contribution in [0.3, 0.4) is 0 Å². The molecule has 102 valence electrons. The van der Waals surface area contributed by atoms with Gasteiger partial charge in [0.05, 0.1) is 19.1 Å². The van der Waals surface area contributed by atoms with Crippen LogP contribution in [0.5, 0.6) is 11.5 Å². The van der Waals surface area contributed by atoms with Crippen molar-refractivity contribution in [1.82, 2.24) is 0 Å². The lowest BCUT2D eigenvalue weighted by Crippen LogP contribution is -2.13. The van der Waals surface area contributed by atoms with Gasteiger partial charge in [0, 0.05) is 6.04 Å². The fourth-order valence-corrected chi connectivity index (χ4v) is 3.01. The zero-order valence-corrected chi connectivity index (χ0v) is 12.3. The molecule has 19 heavy (non-hydrogen) atoms. The average molecular weight is 277 g/mol. The summed E-state index contributed by atoms with van der Waals surface area (Å²) in [5.74, 6) is 1.75. The number of hydrogen-bond donors (Lipinski definition) is 1. The van der Waals surface area contributed by atoms with E-state index in [9.17, 15) is 0 Å². The molecule has 4 heteroatoms. The zero-order chi connectivity index (χ0) is 13.8. The molecule has 0 aliphatic heterocycles. The first-order valence-corrected chi connectivity index (χ1v) is 7.04. The van der Waals surface area contributed by atoms with Gasteiger partial charge in [0.25, 0.3) is 0 Å². The highest BCUT2D eigenvalue weighted by Gasteiger charge is 2.16. The van der Waals surface area contributed by atoms with Gasteiger partial charge in [-0.2, -0.15) is 0 Å². The van der Waals surface area contributed by atoms with Gasteiger partial charge in [-0.3, -0.25) is 0 Å². The van der Waals surface area contributed by atoms with Gasteiger partial charge in [-0.05, 0) is 36.4 Å². The van der Waals surface area contributed by atoms with Crippen LogP contribution in [0, 0.1) is 6.92 Å². The number of methoxy groups -OCH3 is 2. The molecule has 0 saturated carbocycles. The van der Waals surface area contributed by atoms with E-state index in [0.29, 0.717) is 0 Å². The first-order valence-electron chi connectivity index (χ1n) is 6.16. The third kappa shape index (κ3) is 3.08. The minimum absolute atomic E-state index is 0.0781. The number of hydrogen-bond acceptors (Lipinski definition) is 4. The number of thiophene rings is 1. The van der Waals surface area contributed by atoms with Crippen molar-refractivity contribution in [3.63, 3.8) is 0 Å². The lowest BCUT2D eigenvalue weighted by molar-refractivity contribution is 0.403. The SMILES string of the molecule is COc1ccc(C)cc1CC(N)c1sccc1OC. The third-order valence-corrected chi connectivity index (χ3v) is 4.12. The summed E-state index contributed by atoms with van der Waals surface area (Å²) in [4.78, 5) is 1.08. The van der Waals surface area contributed by atoms with Crippen molar-refractivity contribution in [2.45, 2.75) is 19.4 Å². The number of ether oxygens (including phenoxy) is 2. The first kappa shape index (κ1) is 13.9. The van der Waals surface area contributed by atoms with Gasteiger partial charge in [-0.15, -0.1) is 11.3 Å². The van der Waals surface area contributed by atoms with Crippen LogP contribution < -0.4 is 15.2 Å². The molecule has 0 bridgehead atoms. The predicted molar refractivity (Wildman–Crippen MR) is 79.2 cm³/mol. The molecule has 3 nitrogen and oxygen atoms in total. The van der Waals surface area contributed by atoms with Crippen LogP contribution in [0.4, 0.5) is 0 Å². The smallest absolute Gasteiger partial charge is 0.134 e. The fourth-order valence-electron chi connectivity index (χ4n) is 2.14. The highest BCUT2D eigenvalue weighted by Crippen LogP contribution is 2.33. The Morgan fingerprint density at radius 3 is 2.58 bits per heavy atom. The van der Waals surface area contributed by atoms with Crippen LogP contribution in [-0.4, -0.2) is 14.2 Å². The Morgan fingerprint density at radius 1 is 1.16 bits per heavy atom. The van der Waals surface area contributed by atoms with Gasteiger partial charge in [0.15, 0.2) is 0 Å². The summed E-state index contributed by atoms with van der Waals surface area (Å²) in [7, 11) is 3.36. The average Bonchev–Trinajstić information content (AvgIpc) is 2.87. The molecule has 2 rings (SSSR count). The molecule has 1 heterocycles. The first-order chi connectivity index (χ1) is 9.15. The second-order valence-electron chi connectivity index (χ2n) is 4.48. The zero-order valence-electron chi connectivity index (χ0n) is 11.5. The normalized spacial score (nSPS) is 12.2. The van der Waals surface area contributed by atoms with Gasteiger partial charge in [-0.1, -0.05) is 17.7 Å². The van der Waals surface area contributed by atoms with E-state index in [1.54, 1.807) is 25.6 Å². The molecule has 0 fully saturated rings. The Labute approximate surface area is 118 Å². The lowest BCUT2D eigenvalue weighted by atomic mass is 10.0. The maximum atomic E-state index is 6.30. The van der Waals surface area contributed by atoms with E-state index in [1.807, 2.05) is 23.6 Å². The standard InChI is InChI=1S/C15H19NO2S/c1-10-4-5-13(17-2)11(8-10)9-12(16)15-14(18-3)6-7-19-15/h4-8,12H,9,16H2,1-3H3. The van der Waals surface area contributed by atoms with Crippen LogP contribution in [0.2, 0.25) is 0 Å². The van der Waals surface area contributed by atoms with Crippen LogP contribution in [0.25, 0.3) is 0 Å². The molecule has 0 spiro atoms. The Morgan fingerprint density at radius 2 is 1.89 bits per heavy atom. The summed E-state index contributed by atoms with van der Waals surface area (Å²) in [6.07, 6.45) is 0.738.